The van der Waals surface area contributed by atoms with Crippen LogP contribution in [-0.4, -0.2) is 16.3 Å². The molecule has 3 nitrogen and oxygen atoms in total. The van der Waals surface area contributed by atoms with Gasteiger partial charge in [0.1, 0.15) is 0 Å². The molecular weight excluding hydrogens is 246 g/mol. The average molecular weight is 275 g/mol. The van der Waals surface area contributed by atoms with Gasteiger partial charge in [0, 0.05) is 12.7 Å². The quantitative estimate of drug-likeness (QED) is 0.720. The van der Waals surface area contributed by atoms with Gasteiger partial charge in [-0.3, -0.25) is 4.68 Å². The lowest BCUT2D eigenvalue weighted by Gasteiger charge is -2.23. The van der Waals surface area contributed by atoms with Gasteiger partial charge in [-0.25, -0.2) is 0 Å². The number of nitrogens with zero attached hydrogens (tertiary/aromatic N) is 2. The van der Waals surface area contributed by atoms with Gasteiger partial charge in [-0.05, 0) is 57.6 Å². The molecule has 0 saturated heterocycles. The molecule has 0 amide bonds. The number of aromatic nitrogens is 2. The Kier molecular flexibility index (Phi) is 6.31. The van der Waals surface area contributed by atoms with E-state index in [-0.39, 0.29) is 0 Å². The third-order valence-corrected chi connectivity index (χ3v) is 4.03. The second-order valence-corrected chi connectivity index (χ2v) is 5.80. The van der Waals surface area contributed by atoms with E-state index in [0.717, 1.165) is 25.9 Å². The zero-order valence-electron chi connectivity index (χ0n) is 13.1. The van der Waals surface area contributed by atoms with Gasteiger partial charge < -0.3 is 5.32 Å². The molecule has 2 rings (SSSR count). The molecule has 112 valence electrons. The molecule has 0 radical (unpaired) electrons. The molecule has 0 bridgehead atoms. The van der Waals surface area contributed by atoms with Crippen LogP contribution in [0.3, 0.4) is 0 Å². The van der Waals surface area contributed by atoms with Crippen LogP contribution < -0.4 is 5.32 Å². The van der Waals surface area contributed by atoms with E-state index in [0.29, 0.717) is 6.04 Å². The maximum absolute atomic E-state index is 4.49. The van der Waals surface area contributed by atoms with Crippen molar-refractivity contribution in [2.24, 2.45) is 0 Å². The summed E-state index contributed by atoms with van der Waals surface area (Å²) >= 11 is 0. The zero-order chi connectivity index (χ0) is 14.2. The number of rotatable bonds is 8. The first kappa shape index (κ1) is 15.3. The lowest BCUT2D eigenvalue weighted by Crippen LogP contribution is -2.25. The summed E-state index contributed by atoms with van der Waals surface area (Å²) in [5, 5.41) is 8.20. The standard InChI is InChI=1S/C17H29N3/c1-3-11-18-16(14-15-8-6-5-7-9-15)17-10-12-19-20(17)13-4-2/h8,10,12,16,18H,3-7,9,11,13-14H2,1-2H3. The average Bonchev–Trinajstić information content (AvgIpc) is 2.93. The van der Waals surface area contributed by atoms with Gasteiger partial charge in [0.25, 0.3) is 0 Å². The van der Waals surface area contributed by atoms with Crippen LogP contribution in [-0.2, 0) is 6.54 Å². The minimum atomic E-state index is 0.424. The van der Waals surface area contributed by atoms with Crippen LogP contribution in [0.1, 0.15) is 70.5 Å². The fourth-order valence-corrected chi connectivity index (χ4v) is 2.99. The van der Waals surface area contributed by atoms with Gasteiger partial charge in [0.15, 0.2) is 0 Å². The SMILES string of the molecule is CCCNC(CC1=CCCCC1)c1ccnn1CCC. The van der Waals surface area contributed by atoms with Crippen LogP contribution in [0.2, 0.25) is 0 Å². The molecule has 0 fully saturated rings. The van der Waals surface area contributed by atoms with E-state index < -0.39 is 0 Å². The maximum atomic E-state index is 4.49. The second-order valence-electron chi connectivity index (χ2n) is 5.80. The first-order valence-electron chi connectivity index (χ1n) is 8.28. The molecule has 0 saturated carbocycles. The smallest absolute Gasteiger partial charge is 0.0556 e. The van der Waals surface area contributed by atoms with Gasteiger partial charge in [-0.15, -0.1) is 0 Å². The van der Waals surface area contributed by atoms with Crippen molar-refractivity contribution in [1.29, 1.82) is 0 Å². The molecular formula is C17H29N3. The summed E-state index contributed by atoms with van der Waals surface area (Å²) in [6, 6.07) is 2.61. The maximum Gasteiger partial charge on any atom is 0.0556 e. The number of hydrogen-bond acceptors (Lipinski definition) is 2. The van der Waals surface area contributed by atoms with Gasteiger partial charge in [0.2, 0.25) is 0 Å². The van der Waals surface area contributed by atoms with Gasteiger partial charge in [-0.1, -0.05) is 25.5 Å². The zero-order valence-corrected chi connectivity index (χ0v) is 13.1. The van der Waals surface area contributed by atoms with Crippen LogP contribution in [0.5, 0.6) is 0 Å². The van der Waals surface area contributed by atoms with Crippen molar-refractivity contribution in [3.63, 3.8) is 0 Å². The number of nitrogens with one attached hydrogen (secondary N) is 1. The summed E-state index contributed by atoms with van der Waals surface area (Å²) in [6.07, 6.45) is 13.2. The molecule has 1 atom stereocenters. The molecule has 1 aliphatic carbocycles. The fourth-order valence-electron chi connectivity index (χ4n) is 2.99. The molecule has 0 aromatic carbocycles. The van der Waals surface area contributed by atoms with Crippen molar-refractivity contribution in [2.75, 3.05) is 6.54 Å². The monoisotopic (exact) mass is 275 g/mol. The van der Waals surface area contributed by atoms with E-state index >= 15 is 0 Å². The molecule has 1 unspecified atom stereocenters. The van der Waals surface area contributed by atoms with Gasteiger partial charge >= 0.3 is 0 Å². The van der Waals surface area contributed by atoms with Crippen LogP contribution >= 0.6 is 0 Å². The normalized spacial score (nSPS) is 17.0. The Balaban J connectivity index is 2.09. The van der Waals surface area contributed by atoms with Gasteiger partial charge in [-0.2, -0.15) is 5.10 Å². The minimum Gasteiger partial charge on any atom is -0.308 e. The van der Waals surface area contributed by atoms with Crippen LogP contribution in [0.4, 0.5) is 0 Å². The van der Waals surface area contributed by atoms with Crippen molar-refractivity contribution in [1.82, 2.24) is 15.1 Å². The van der Waals surface area contributed by atoms with Crippen LogP contribution in [0.15, 0.2) is 23.9 Å². The fraction of sp³-hybridized carbons (Fsp3) is 0.706. The first-order valence-corrected chi connectivity index (χ1v) is 8.28. The topological polar surface area (TPSA) is 29.9 Å². The van der Waals surface area contributed by atoms with E-state index in [1.54, 1.807) is 5.57 Å². The third-order valence-electron chi connectivity index (χ3n) is 4.03. The van der Waals surface area contributed by atoms with Crippen LogP contribution in [0.25, 0.3) is 0 Å². The highest BCUT2D eigenvalue weighted by molar-refractivity contribution is 5.14. The van der Waals surface area contributed by atoms with Crippen molar-refractivity contribution < 1.29 is 0 Å². The Morgan fingerprint density at radius 1 is 1.30 bits per heavy atom. The van der Waals surface area contributed by atoms with Crippen LogP contribution in [0, 0.1) is 0 Å². The highest BCUT2D eigenvalue weighted by atomic mass is 15.3. The molecule has 1 N–H and O–H groups in total. The lowest BCUT2D eigenvalue weighted by molar-refractivity contribution is 0.459. The predicted octanol–water partition coefficient (Wildman–Crippen LogP) is 4.22. The van der Waals surface area contributed by atoms with E-state index in [4.69, 9.17) is 0 Å². The third kappa shape index (κ3) is 4.20. The second kappa shape index (κ2) is 8.25. The van der Waals surface area contributed by atoms with Gasteiger partial charge in [0.05, 0.1) is 11.7 Å². The minimum absolute atomic E-state index is 0.424. The highest BCUT2D eigenvalue weighted by Crippen LogP contribution is 2.27. The van der Waals surface area contributed by atoms with E-state index in [1.807, 2.05) is 6.20 Å². The van der Waals surface area contributed by atoms with E-state index in [1.165, 1.54) is 37.8 Å². The molecule has 0 aliphatic heterocycles. The molecule has 3 heteroatoms. The summed E-state index contributed by atoms with van der Waals surface area (Å²) in [6.45, 7) is 6.54. The predicted molar refractivity (Wildman–Crippen MR) is 84.7 cm³/mol. The first-order chi connectivity index (χ1) is 9.85. The summed E-state index contributed by atoms with van der Waals surface area (Å²) in [4.78, 5) is 0. The molecule has 1 aliphatic rings. The molecule has 20 heavy (non-hydrogen) atoms. The molecule has 1 heterocycles. The largest absolute Gasteiger partial charge is 0.308 e. The van der Waals surface area contributed by atoms with Crippen molar-refractivity contribution in [3.8, 4) is 0 Å². The summed E-state index contributed by atoms with van der Waals surface area (Å²) in [5.74, 6) is 0. The Morgan fingerprint density at radius 2 is 2.20 bits per heavy atom. The Morgan fingerprint density at radius 3 is 2.90 bits per heavy atom. The summed E-state index contributed by atoms with van der Waals surface area (Å²) in [5.41, 5.74) is 2.99. The Labute approximate surface area is 123 Å². The summed E-state index contributed by atoms with van der Waals surface area (Å²) in [7, 11) is 0. The number of allylic oxidation sites excluding steroid dienone is 1. The van der Waals surface area contributed by atoms with E-state index in [9.17, 15) is 0 Å². The van der Waals surface area contributed by atoms with Crippen molar-refractivity contribution in [3.05, 3.63) is 29.6 Å². The van der Waals surface area contributed by atoms with Crippen molar-refractivity contribution in [2.45, 2.75) is 71.4 Å². The van der Waals surface area contributed by atoms with Crippen molar-refractivity contribution >= 4 is 0 Å². The highest BCUT2D eigenvalue weighted by Gasteiger charge is 2.17. The number of hydrogen-bond donors (Lipinski definition) is 1. The van der Waals surface area contributed by atoms with E-state index in [2.05, 4.69) is 41.1 Å². The lowest BCUT2D eigenvalue weighted by atomic mass is 9.93. The molecule has 1 aromatic heterocycles. The Hall–Kier alpha value is -1.09. The molecule has 0 spiro atoms. The molecule has 1 aromatic rings. The summed E-state index contributed by atoms with van der Waals surface area (Å²) < 4.78 is 2.18. The number of aryl methyl sites for hydroxylation is 1. The Bertz CT molecular complexity index is 420.